The van der Waals surface area contributed by atoms with Gasteiger partial charge in [0.1, 0.15) is 0 Å². The van der Waals surface area contributed by atoms with Crippen LogP contribution in [-0.2, 0) is 14.4 Å². The third-order valence-corrected chi connectivity index (χ3v) is 4.34. The van der Waals surface area contributed by atoms with Crippen LogP contribution < -0.4 is 5.32 Å². The average molecular weight is 308 g/mol. The normalized spacial score (nSPS) is 25.6. The zero-order valence-corrected chi connectivity index (χ0v) is 11.1. The minimum Gasteiger partial charge on any atom is -0.481 e. The summed E-state index contributed by atoms with van der Waals surface area (Å²) in [6, 6.07) is 0. The summed E-state index contributed by atoms with van der Waals surface area (Å²) < 4.78 is 37.2. The van der Waals surface area contributed by atoms with Gasteiger partial charge in [0.15, 0.2) is 0 Å². The number of carboxylic acids is 1. The fraction of sp³-hybridized carbons (Fsp3) is 0.750. The van der Waals surface area contributed by atoms with E-state index in [1.807, 2.05) is 0 Å². The molecule has 2 aliphatic rings. The van der Waals surface area contributed by atoms with E-state index in [-0.39, 0.29) is 44.8 Å². The predicted octanol–water partition coefficient (Wildman–Crippen LogP) is 0.378. The summed E-state index contributed by atoms with van der Waals surface area (Å²) >= 11 is 0. The van der Waals surface area contributed by atoms with Crippen LogP contribution in [0.3, 0.4) is 0 Å². The molecule has 21 heavy (non-hydrogen) atoms. The largest absolute Gasteiger partial charge is 0.481 e. The molecule has 0 aromatic rings. The Labute approximate surface area is 118 Å². The van der Waals surface area contributed by atoms with Crippen LogP contribution in [0.25, 0.3) is 0 Å². The van der Waals surface area contributed by atoms with Crippen molar-refractivity contribution in [3.8, 4) is 0 Å². The van der Waals surface area contributed by atoms with Crippen LogP contribution in [0.1, 0.15) is 19.3 Å². The third-order valence-electron chi connectivity index (χ3n) is 4.34. The molecule has 2 N–H and O–H groups in total. The highest BCUT2D eigenvalue weighted by molar-refractivity contribution is 5.83. The van der Waals surface area contributed by atoms with Crippen molar-refractivity contribution in [1.29, 1.82) is 0 Å². The van der Waals surface area contributed by atoms with E-state index in [1.165, 1.54) is 0 Å². The molecule has 1 unspecified atom stereocenters. The molecule has 1 atom stereocenters. The zero-order valence-electron chi connectivity index (χ0n) is 11.1. The van der Waals surface area contributed by atoms with Crippen LogP contribution in [0.5, 0.6) is 0 Å². The van der Waals surface area contributed by atoms with E-state index in [0.29, 0.717) is 4.90 Å². The second-order valence-electron chi connectivity index (χ2n) is 5.52. The van der Waals surface area contributed by atoms with Crippen molar-refractivity contribution in [1.82, 2.24) is 10.2 Å². The van der Waals surface area contributed by atoms with E-state index in [0.717, 1.165) is 0 Å². The molecule has 2 fully saturated rings. The van der Waals surface area contributed by atoms with E-state index in [9.17, 15) is 32.7 Å². The lowest BCUT2D eigenvalue weighted by Gasteiger charge is -2.47. The Hall–Kier alpha value is -1.80. The van der Waals surface area contributed by atoms with Crippen molar-refractivity contribution in [3.63, 3.8) is 0 Å². The fourth-order valence-electron chi connectivity index (χ4n) is 3.15. The number of carboxylic acid groups (broad SMARTS) is 1. The second kappa shape index (κ2) is 5.19. The summed E-state index contributed by atoms with van der Waals surface area (Å²) in [7, 11) is 0. The van der Waals surface area contributed by atoms with Crippen molar-refractivity contribution in [2.75, 3.05) is 19.6 Å². The Morgan fingerprint density at radius 3 is 2.33 bits per heavy atom. The number of hydrogen-bond donors (Lipinski definition) is 2. The molecule has 0 bridgehead atoms. The Morgan fingerprint density at radius 2 is 1.86 bits per heavy atom. The number of hydrogen-bond acceptors (Lipinski definition) is 3. The van der Waals surface area contributed by atoms with E-state index in [1.54, 1.807) is 0 Å². The molecule has 0 aromatic carbocycles. The first-order chi connectivity index (χ1) is 9.66. The molecule has 0 aliphatic carbocycles. The Morgan fingerprint density at radius 1 is 1.29 bits per heavy atom. The highest BCUT2D eigenvalue weighted by Gasteiger charge is 2.51. The molecular formula is C12H15F3N2O4. The number of nitrogens with zero attached hydrogens (tertiary/aromatic N) is 1. The van der Waals surface area contributed by atoms with Gasteiger partial charge in [-0.15, -0.1) is 0 Å². The molecule has 1 spiro atoms. The van der Waals surface area contributed by atoms with Gasteiger partial charge < -0.3 is 15.3 Å². The fourth-order valence-corrected chi connectivity index (χ4v) is 3.15. The molecular weight excluding hydrogens is 293 g/mol. The van der Waals surface area contributed by atoms with Crippen LogP contribution in [0.4, 0.5) is 13.2 Å². The van der Waals surface area contributed by atoms with Gasteiger partial charge in [-0.3, -0.25) is 14.4 Å². The van der Waals surface area contributed by atoms with Crippen LogP contribution in [-0.4, -0.2) is 53.6 Å². The van der Waals surface area contributed by atoms with Gasteiger partial charge in [-0.2, -0.15) is 13.2 Å². The van der Waals surface area contributed by atoms with Crippen molar-refractivity contribution >= 4 is 17.8 Å². The lowest BCUT2D eigenvalue weighted by molar-refractivity contribution is -0.188. The maximum absolute atomic E-state index is 12.4. The second-order valence-corrected chi connectivity index (χ2v) is 5.52. The zero-order chi connectivity index (χ0) is 15.8. The number of carbonyl (C=O) groups excluding carboxylic acids is 2. The third kappa shape index (κ3) is 2.96. The SMILES string of the molecule is O=C1CC2(CCN(C(=O)C(F)(F)F)CC2)C(C(=O)O)CN1. The number of likely N-dealkylation sites (tertiary alicyclic amines) is 1. The number of alkyl halides is 3. The summed E-state index contributed by atoms with van der Waals surface area (Å²) in [6.07, 6.45) is -4.79. The summed E-state index contributed by atoms with van der Waals surface area (Å²) in [5.74, 6) is -4.13. The summed E-state index contributed by atoms with van der Waals surface area (Å²) in [5, 5.41) is 11.7. The molecule has 2 rings (SSSR count). The van der Waals surface area contributed by atoms with E-state index in [4.69, 9.17) is 0 Å². The maximum atomic E-state index is 12.4. The molecule has 2 saturated heterocycles. The first kappa shape index (κ1) is 15.6. The first-order valence-electron chi connectivity index (χ1n) is 6.51. The van der Waals surface area contributed by atoms with E-state index >= 15 is 0 Å². The molecule has 2 heterocycles. The highest BCUT2D eigenvalue weighted by Crippen LogP contribution is 2.44. The number of carbonyl (C=O) groups is 3. The predicted molar refractivity (Wildman–Crippen MR) is 63.1 cm³/mol. The number of halogens is 3. The minimum atomic E-state index is -4.93. The summed E-state index contributed by atoms with van der Waals surface area (Å²) in [5.41, 5.74) is -0.865. The van der Waals surface area contributed by atoms with Crippen LogP contribution in [0.15, 0.2) is 0 Å². The molecule has 0 aromatic heterocycles. The summed E-state index contributed by atoms with van der Waals surface area (Å²) in [4.78, 5) is 34.7. The summed E-state index contributed by atoms with van der Waals surface area (Å²) in [6.45, 7) is -0.397. The molecule has 0 radical (unpaired) electrons. The Kier molecular flexibility index (Phi) is 3.85. The molecule has 2 amide bonds. The number of aliphatic carboxylic acids is 1. The minimum absolute atomic E-state index is 0.0264. The number of piperidine rings is 2. The molecule has 6 nitrogen and oxygen atoms in total. The monoisotopic (exact) mass is 308 g/mol. The number of amides is 2. The van der Waals surface area contributed by atoms with Crippen molar-refractivity contribution < 1.29 is 32.7 Å². The number of rotatable bonds is 1. The lowest BCUT2D eigenvalue weighted by atomic mass is 9.64. The van der Waals surface area contributed by atoms with Gasteiger partial charge in [0.05, 0.1) is 5.92 Å². The molecule has 0 saturated carbocycles. The standard InChI is InChI=1S/C12H15F3N2O4/c13-12(14,15)10(21)17-3-1-11(2-4-17)5-8(18)16-6-7(11)9(19)20/h7H,1-6H2,(H,16,18)(H,19,20). The van der Waals surface area contributed by atoms with Gasteiger partial charge in [-0.05, 0) is 18.3 Å². The quantitative estimate of drug-likeness (QED) is 0.733. The van der Waals surface area contributed by atoms with Crippen LogP contribution >= 0.6 is 0 Å². The van der Waals surface area contributed by atoms with E-state index < -0.39 is 29.4 Å². The van der Waals surface area contributed by atoms with Gasteiger partial charge in [0.2, 0.25) is 5.91 Å². The van der Waals surface area contributed by atoms with Gasteiger partial charge in [0.25, 0.3) is 0 Å². The number of nitrogens with one attached hydrogen (secondary N) is 1. The first-order valence-corrected chi connectivity index (χ1v) is 6.51. The van der Waals surface area contributed by atoms with Gasteiger partial charge in [0, 0.05) is 26.1 Å². The lowest BCUT2D eigenvalue weighted by Crippen LogP contribution is -2.57. The van der Waals surface area contributed by atoms with Crippen LogP contribution in [0, 0.1) is 11.3 Å². The Balaban J connectivity index is 2.11. The molecule has 2 aliphatic heterocycles. The maximum Gasteiger partial charge on any atom is 0.471 e. The smallest absolute Gasteiger partial charge is 0.471 e. The van der Waals surface area contributed by atoms with Crippen molar-refractivity contribution in [3.05, 3.63) is 0 Å². The molecule has 118 valence electrons. The topological polar surface area (TPSA) is 86.7 Å². The highest BCUT2D eigenvalue weighted by atomic mass is 19.4. The van der Waals surface area contributed by atoms with Gasteiger partial charge in [-0.1, -0.05) is 0 Å². The van der Waals surface area contributed by atoms with Crippen molar-refractivity contribution in [2.24, 2.45) is 11.3 Å². The van der Waals surface area contributed by atoms with E-state index in [2.05, 4.69) is 5.32 Å². The van der Waals surface area contributed by atoms with Gasteiger partial charge >= 0.3 is 18.1 Å². The Bertz CT molecular complexity index is 470. The van der Waals surface area contributed by atoms with Gasteiger partial charge in [-0.25, -0.2) is 0 Å². The van der Waals surface area contributed by atoms with Crippen molar-refractivity contribution in [2.45, 2.75) is 25.4 Å². The average Bonchev–Trinajstić information content (AvgIpc) is 2.37. The van der Waals surface area contributed by atoms with Crippen LogP contribution in [0.2, 0.25) is 0 Å². The molecule has 9 heteroatoms.